The van der Waals surface area contributed by atoms with E-state index in [0.29, 0.717) is 0 Å². The molecule has 34 heavy (non-hydrogen) atoms. The number of ether oxygens (including phenoxy) is 1. The van der Waals surface area contributed by atoms with Gasteiger partial charge < -0.3 is 4.74 Å². The molecule has 1 saturated heterocycles. The average Bonchev–Trinajstić information content (AvgIpc) is 3.10. The quantitative estimate of drug-likeness (QED) is 0.490. The van der Waals surface area contributed by atoms with Crippen LogP contribution in [-0.4, -0.2) is 34.8 Å². The van der Waals surface area contributed by atoms with Gasteiger partial charge in [0, 0.05) is 11.8 Å². The molecule has 0 spiro atoms. The molecule has 2 aromatic rings. The summed E-state index contributed by atoms with van der Waals surface area (Å²) in [5.41, 5.74) is 4.56. The summed E-state index contributed by atoms with van der Waals surface area (Å²) < 4.78 is 5.89. The van der Waals surface area contributed by atoms with Crippen molar-refractivity contribution < 1.29 is 19.1 Å². The maximum atomic E-state index is 14.0. The first-order valence-electron chi connectivity index (χ1n) is 12.7. The lowest BCUT2D eigenvalue weighted by Gasteiger charge is -2.45. The van der Waals surface area contributed by atoms with Crippen molar-refractivity contribution in [2.45, 2.75) is 69.9 Å². The van der Waals surface area contributed by atoms with Gasteiger partial charge in [0.1, 0.15) is 12.1 Å². The van der Waals surface area contributed by atoms with E-state index in [9.17, 15) is 14.4 Å². The van der Waals surface area contributed by atoms with Gasteiger partial charge in [-0.05, 0) is 53.9 Å². The molecule has 0 radical (unpaired) electrons. The van der Waals surface area contributed by atoms with Gasteiger partial charge in [0.15, 0.2) is 0 Å². The Morgan fingerprint density at radius 2 is 1.24 bits per heavy atom. The summed E-state index contributed by atoms with van der Waals surface area (Å²) in [6.45, 7) is 3.79. The fraction of sp³-hybridized carbons (Fsp3) is 0.483. The van der Waals surface area contributed by atoms with Crippen molar-refractivity contribution in [3.8, 4) is 0 Å². The van der Waals surface area contributed by atoms with Crippen molar-refractivity contribution >= 4 is 17.8 Å². The predicted octanol–water partition coefficient (Wildman–Crippen LogP) is 4.78. The summed E-state index contributed by atoms with van der Waals surface area (Å²) in [4.78, 5) is 42.7. The molecule has 1 saturated carbocycles. The number of likely N-dealkylation sites (tertiary alicyclic amines) is 1. The number of carbonyl (C=O) groups is 3. The van der Waals surface area contributed by atoms with Crippen LogP contribution in [0, 0.1) is 17.8 Å². The highest BCUT2D eigenvalue weighted by Gasteiger charge is 2.63. The van der Waals surface area contributed by atoms with Crippen molar-refractivity contribution in [2.24, 2.45) is 17.8 Å². The first-order valence-corrected chi connectivity index (χ1v) is 12.7. The summed E-state index contributed by atoms with van der Waals surface area (Å²) >= 11 is 0. The summed E-state index contributed by atoms with van der Waals surface area (Å²) in [5, 5.41) is 0. The van der Waals surface area contributed by atoms with Crippen LogP contribution in [0.1, 0.15) is 80.0 Å². The fourth-order valence-electron chi connectivity index (χ4n) is 7.07. The minimum absolute atomic E-state index is 0.109. The number of rotatable bonds is 4. The maximum Gasteiger partial charge on any atom is 0.329 e. The predicted molar refractivity (Wildman–Crippen MR) is 127 cm³/mol. The number of nitrogens with zero attached hydrogens (tertiary/aromatic N) is 1. The molecule has 1 heterocycles. The van der Waals surface area contributed by atoms with Crippen LogP contribution in [0.3, 0.4) is 0 Å². The highest BCUT2D eigenvalue weighted by molar-refractivity contribution is 6.10. The van der Waals surface area contributed by atoms with Crippen molar-refractivity contribution in [1.82, 2.24) is 4.90 Å². The van der Waals surface area contributed by atoms with E-state index in [4.69, 9.17) is 4.74 Å². The molecule has 5 nitrogen and oxygen atoms in total. The number of carbonyl (C=O) groups excluding carboxylic acids is 3. The molecule has 1 aliphatic heterocycles. The van der Waals surface area contributed by atoms with Crippen LogP contribution in [0.15, 0.2) is 48.5 Å². The lowest BCUT2D eigenvalue weighted by atomic mass is 9.55. The second kappa shape index (κ2) is 8.07. The van der Waals surface area contributed by atoms with Crippen LogP contribution in [0.25, 0.3) is 0 Å². The van der Waals surface area contributed by atoms with Gasteiger partial charge >= 0.3 is 5.97 Å². The van der Waals surface area contributed by atoms with Crippen molar-refractivity contribution in [2.75, 3.05) is 0 Å². The van der Waals surface area contributed by atoms with Gasteiger partial charge in [-0.2, -0.15) is 0 Å². The molecule has 2 bridgehead atoms. The average molecular weight is 458 g/mol. The monoisotopic (exact) mass is 457 g/mol. The van der Waals surface area contributed by atoms with Gasteiger partial charge in [0.05, 0.1) is 11.8 Å². The van der Waals surface area contributed by atoms with Gasteiger partial charge in [-0.25, -0.2) is 4.79 Å². The summed E-state index contributed by atoms with van der Waals surface area (Å²) in [5.74, 6) is -2.33. The number of benzene rings is 2. The smallest absolute Gasteiger partial charge is 0.329 e. The topological polar surface area (TPSA) is 63.7 Å². The Morgan fingerprint density at radius 3 is 1.65 bits per heavy atom. The second-order valence-electron chi connectivity index (χ2n) is 10.7. The number of hydrogen-bond donors (Lipinski definition) is 0. The molecular formula is C29H31NO4. The fourth-order valence-corrected chi connectivity index (χ4v) is 7.07. The molecule has 7 rings (SSSR count). The first kappa shape index (κ1) is 21.6. The van der Waals surface area contributed by atoms with E-state index in [0.717, 1.165) is 54.4 Å². The molecule has 0 unspecified atom stereocenters. The SMILES string of the molecule is CC(C)[C@@H](C(=O)OC1CCCCC1)N1C(=O)[C@@H]2C3c4ccccc4C(c4ccccc43)[C@@H]2C1=O. The minimum Gasteiger partial charge on any atom is -0.461 e. The standard InChI is InChI=1S/C29H31NO4/c1-16(2)26(29(33)34-17-10-4-3-5-11-17)30-27(31)24-22-18-12-6-7-13-19(18)23(25(24)28(30)32)21-15-9-8-14-20(21)22/h6-9,12-17,22-26H,3-5,10-11H2,1-2H3/t22?,23?,24-,25+,26-/m0/s1. The summed E-state index contributed by atoms with van der Waals surface area (Å²) in [7, 11) is 0. The number of imide groups is 1. The molecule has 176 valence electrons. The Hall–Kier alpha value is -2.95. The van der Waals surface area contributed by atoms with E-state index in [1.54, 1.807) is 0 Å². The van der Waals surface area contributed by atoms with Crippen molar-refractivity contribution in [3.63, 3.8) is 0 Å². The van der Waals surface area contributed by atoms with Gasteiger partial charge in [-0.1, -0.05) is 68.8 Å². The molecule has 2 aromatic carbocycles. The highest BCUT2D eigenvalue weighted by Crippen LogP contribution is 2.61. The van der Waals surface area contributed by atoms with Gasteiger partial charge in [0.25, 0.3) is 0 Å². The van der Waals surface area contributed by atoms with E-state index in [2.05, 4.69) is 24.3 Å². The van der Waals surface area contributed by atoms with E-state index in [-0.39, 0.29) is 35.7 Å². The van der Waals surface area contributed by atoms with E-state index < -0.39 is 23.8 Å². The van der Waals surface area contributed by atoms with Crippen LogP contribution in [0.5, 0.6) is 0 Å². The van der Waals surface area contributed by atoms with Crippen LogP contribution < -0.4 is 0 Å². The van der Waals surface area contributed by atoms with E-state index >= 15 is 0 Å². The summed E-state index contributed by atoms with van der Waals surface area (Å²) in [6, 6.07) is 15.5. The molecule has 5 aliphatic rings. The zero-order chi connectivity index (χ0) is 23.6. The van der Waals surface area contributed by atoms with Gasteiger partial charge in [0.2, 0.25) is 11.8 Å². The molecule has 0 aromatic heterocycles. The van der Waals surface area contributed by atoms with Crippen LogP contribution in [0.2, 0.25) is 0 Å². The Labute approximate surface area is 200 Å². The lowest BCUT2D eigenvalue weighted by molar-refractivity contribution is -0.165. The molecular weight excluding hydrogens is 426 g/mol. The second-order valence-corrected chi connectivity index (χ2v) is 10.7. The number of amides is 2. The van der Waals surface area contributed by atoms with E-state index in [1.807, 2.05) is 38.1 Å². The molecule has 5 heteroatoms. The van der Waals surface area contributed by atoms with E-state index in [1.165, 1.54) is 4.90 Å². The number of hydrogen-bond acceptors (Lipinski definition) is 4. The number of esters is 1. The van der Waals surface area contributed by atoms with Crippen molar-refractivity contribution in [3.05, 3.63) is 70.8 Å². The maximum absolute atomic E-state index is 14.0. The molecule has 2 amide bonds. The Balaban J connectivity index is 1.39. The van der Waals surface area contributed by atoms with Crippen LogP contribution in [-0.2, 0) is 19.1 Å². The third kappa shape index (κ3) is 3.02. The van der Waals surface area contributed by atoms with Crippen LogP contribution >= 0.6 is 0 Å². The Bertz CT molecular complexity index is 1050. The van der Waals surface area contributed by atoms with Gasteiger partial charge in [-0.3, -0.25) is 14.5 Å². The third-order valence-corrected chi connectivity index (χ3v) is 8.47. The minimum atomic E-state index is -0.877. The molecule has 2 fully saturated rings. The molecule has 4 aliphatic carbocycles. The Kier molecular flexibility index (Phi) is 5.12. The molecule has 0 N–H and O–H groups in total. The third-order valence-electron chi connectivity index (χ3n) is 8.47. The molecule has 3 atom stereocenters. The zero-order valence-electron chi connectivity index (χ0n) is 19.8. The summed E-state index contributed by atoms with van der Waals surface area (Å²) in [6.07, 6.45) is 4.88. The Morgan fingerprint density at radius 1 is 0.794 bits per heavy atom. The largest absolute Gasteiger partial charge is 0.461 e. The highest BCUT2D eigenvalue weighted by atomic mass is 16.5. The lowest BCUT2D eigenvalue weighted by Crippen LogP contribution is -2.50. The van der Waals surface area contributed by atoms with Gasteiger partial charge in [-0.15, -0.1) is 0 Å². The first-order chi connectivity index (χ1) is 16.5. The van der Waals surface area contributed by atoms with Crippen molar-refractivity contribution in [1.29, 1.82) is 0 Å². The van der Waals surface area contributed by atoms with Crippen LogP contribution in [0.4, 0.5) is 0 Å². The normalized spacial score (nSPS) is 28.5. The zero-order valence-corrected chi connectivity index (χ0v) is 19.8.